The summed E-state index contributed by atoms with van der Waals surface area (Å²) in [4.78, 5) is 13.7. The van der Waals surface area contributed by atoms with Gasteiger partial charge in [0.25, 0.3) is 0 Å². The number of aromatic nitrogens is 2. The molecule has 1 aromatic rings. The van der Waals surface area contributed by atoms with Gasteiger partial charge >= 0.3 is 0 Å². The fourth-order valence-electron chi connectivity index (χ4n) is 5.74. The Hall–Kier alpha value is -0.910. The second-order valence-corrected chi connectivity index (χ2v) is 9.62. The molecule has 27 heavy (non-hydrogen) atoms. The maximum absolute atomic E-state index is 5.92. The van der Waals surface area contributed by atoms with Crippen LogP contribution in [0.3, 0.4) is 0 Å². The second-order valence-electron chi connectivity index (χ2n) is 9.62. The summed E-state index contributed by atoms with van der Waals surface area (Å²) >= 11 is 0. The van der Waals surface area contributed by atoms with Crippen LogP contribution in [0.2, 0.25) is 0 Å². The van der Waals surface area contributed by atoms with E-state index in [1.165, 1.54) is 82.6 Å². The number of H-pyrrole nitrogens is 1. The van der Waals surface area contributed by atoms with E-state index >= 15 is 0 Å². The average Bonchev–Trinajstić information content (AvgIpc) is 3.12. The Morgan fingerprint density at radius 1 is 1.26 bits per heavy atom. The first kappa shape index (κ1) is 19.4. The number of fused-ring (bicyclic) bond motifs is 2. The number of aromatic amines is 1. The third-order valence-electron chi connectivity index (χ3n) is 7.18. The van der Waals surface area contributed by atoms with Gasteiger partial charge in [0.1, 0.15) is 0 Å². The van der Waals surface area contributed by atoms with Crippen molar-refractivity contribution in [2.45, 2.75) is 76.9 Å². The van der Waals surface area contributed by atoms with Crippen molar-refractivity contribution < 1.29 is 4.74 Å². The van der Waals surface area contributed by atoms with Gasteiger partial charge in [0.05, 0.1) is 23.2 Å². The summed E-state index contributed by atoms with van der Waals surface area (Å²) in [6, 6.07) is 0. The zero-order valence-corrected chi connectivity index (χ0v) is 17.6. The highest BCUT2D eigenvalue weighted by Gasteiger charge is 2.46. The van der Waals surface area contributed by atoms with Crippen molar-refractivity contribution >= 4 is 0 Å². The number of piperidine rings is 1. The first-order valence-corrected chi connectivity index (χ1v) is 11.2. The van der Waals surface area contributed by atoms with Gasteiger partial charge in [-0.2, -0.15) is 0 Å². The lowest BCUT2D eigenvalue weighted by molar-refractivity contribution is -0.0803. The smallest absolute Gasteiger partial charge is 0.0926 e. The van der Waals surface area contributed by atoms with Crippen LogP contribution in [-0.4, -0.2) is 64.7 Å². The Morgan fingerprint density at radius 3 is 2.81 bits per heavy atom. The van der Waals surface area contributed by atoms with E-state index in [0.717, 1.165) is 18.9 Å². The molecule has 0 unspecified atom stereocenters. The van der Waals surface area contributed by atoms with Gasteiger partial charge in [-0.25, -0.2) is 4.98 Å². The summed E-state index contributed by atoms with van der Waals surface area (Å²) in [6.07, 6.45) is 10.5. The topological polar surface area (TPSA) is 44.4 Å². The molecular weight excluding hydrogens is 336 g/mol. The molecule has 3 aliphatic rings. The molecule has 0 radical (unpaired) electrons. The Balaban J connectivity index is 1.43. The Labute approximate surface area is 164 Å². The Kier molecular flexibility index (Phi) is 5.64. The number of ether oxygens (including phenoxy) is 1. The normalized spacial score (nSPS) is 28.3. The molecule has 1 spiro atoms. The van der Waals surface area contributed by atoms with Gasteiger partial charge in [-0.1, -0.05) is 13.3 Å². The molecule has 1 atom stereocenters. The highest BCUT2D eigenvalue weighted by Crippen LogP contribution is 2.42. The van der Waals surface area contributed by atoms with E-state index in [1.807, 2.05) is 6.33 Å². The first-order chi connectivity index (χ1) is 13.0. The third kappa shape index (κ3) is 3.96. The number of likely N-dealkylation sites (tertiary alicyclic amines) is 1. The van der Waals surface area contributed by atoms with E-state index in [4.69, 9.17) is 9.72 Å². The van der Waals surface area contributed by atoms with Crippen molar-refractivity contribution in [1.82, 2.24) is 19.8 Å². The largest absolute Gasteiger partial charge is 0.376 e. The number of unbranched alkanes of at least 4 members (excludes halogenated alkanes) is 1. The first-order valence-electron chi connectivity index (χ1n) is 11.2. The molecule has 2 fully saturated rings. The minimum Gasteiger partial charge on any atom is -0.376 e. The maximum atomic E-state index is 5.92. The van der Waals surface area contributed by atoms with Crippen molar-refractivity contribution in [3.63, 3.8) is 0 Å². The van der Waals surface area contributed by atoms with Crippen LogP contribution in [0.5, 0.6) is 0 Å². The van der Waals surface area contributed by atoms with Crippen LogP contribution in [0.4, 0.5) is 0 Å². The standard InChI is InChI=1S/C22H38N4O/c1-4-5-10-26-11-6-19-20(24-17-23-19)22(26)8-12-25(13-9-22)16-18-7-14-27-21(2,3)15-18/h17-18H,4-16H2,1-3H3,(H,23,24)/t18-/m1/s1. The van der Waals surface area contributed by atoms with Gasteiger partial charge < -0.3 is 14.6 Å². The van der Waals surface area contributed by atoms with Gasteiger partial charge in [0.15, 0.2) is 0 Å². The summed E-state index contributed by atoms with van der Waals surface area (Å²) in [5.74, 6) is 0.784. The zero-order chi connectivity index (χ0) is 18.9. The van der Waals surface area contributed by atoms with Gasteiger partial charge in [-0.15, -0.1) is 0 Å². The predicted octanol–water partition coefficient (Wildman–Crippen LogP) is 3.56. The van der Waals surface area contributed by atoms with Gasteiger partial charge in [-0.3, -0.25) is 4.90 Å². The number of hydrogen-bond acceptors (Lipinski definition) is 4. The van der Waals surface area contributed by atoms with Gasteiger partial charge in [0, 0.05) is 44.9 Å². The van der Waals surface area contributed by atoms with E-state index in [2.05, 4.69) is 35.6 Å². The molecule has 1 aromatic heterocycles. The van der Waals surface area contributed by atoms with Gasteiger partial charge in [0.2, 0.25) is 0 Å². The molecule has 2 saturated heterocycles. The maximum Gasteiger partial charge on any atom is 0.0926 e. The molecule has 1 N–H and O–H groups in total. The van der Waals surface area contributed by atoms with Crippen LogP contribution in [0, 0.1) is 5.92 Å². The molecular formula is C22H38N4O. The average molecular weight is 375 g/mol. The summed E-state index contributed by atoms with van der Waals surface area (Å²) in [5.41, 5.74) is 2.98. The number of imidazole rings is 1. The molecule has 0 amide bonds. The second kappa shape index (κ2) is 7.84. The molecule has 0 aliphatic carbocycles. The van der Waals surface area contributed by atoms with E-state index in [9.17, 15) is 0 Å². The van der Waals surface area contributed by atoms with E-state index in [-0.39, 0.29) is 11.1 Å². The highest BCUT2D eigenvalue weighted by atomic mass is 16.5. The number of hydrogen-bond donors (Lipinski definition) is 1. The van der Waals surface area contributed by atoms with Crippen LogP contribution in [0.25, 0.3) is 0 Å². The predicted molar refractivity (Wildman–Crippen MR) is 109 cm³/mol. The third-order valence-corrected chi connectivity index (χ3v) is 7.18. The van der Waals surface area contributed by atoms with Crippen LogP contribution in [0.1, 0.15) is 70.7 Å². The number of rotatable bonds is 5. The molecule has 5 nitrogen and oxygen atoms in total. The summed E-state index contributed by atoms with van der Waals surface area (Å²) in [6.45, 7) is 13.8. The van der Waals surface area contributed by atoms with Crippen LogP contribution < -0.4 is 0 Å². The lowest BCUT2D eigenvalue weighted by Crippen LogP contribution is -2.57. The molecule has 3 aliphatic heterocycles. The minimum absolute atomic E-state index is 0.0597. The molecule has 5 heteroatoms. The van der Waals surface area contributed by atoms with Crippen molar-refractivity contribution in [2.75, 3.05) is 39.3 Å². The number of nitrogens with zero attached hydrogens (tertiary/aromatic N) is 3. The highest BCUT2D eigenvalue weighted by molar-refractivity contribution is 5.26. The quantitative estimate of drug-likeness (QED) is 0.856. The van der Waals surface area contributed by atoms with Crippen LogP contribution in [0.15, 0.2) is 6.33 Å². The van der Waals surface area contributed by atoms with E-state index in [1.54, 1.807) is 0 Å². The summed E-state index contributed by atoms with van der Waals surface area (Å²) in [7, 11) is 0. The van der Waals surface area contributed by atoms with E-state index in [0.29, 0.717) is 0 Å². The van der Waals surface area contributed by atoms with Gasteiger partial charge in [-0.05, 0) is 58.4 Å². The molecule has 0 saturated carbocycles. The summed E-state index contributed by atoms with van der Waals surface area (Å²) < 4.78 is 5.92. The molecule has 0 bridgehead atoms. The lowest BCUT2D eigenvalue weighted by atomic mass is 9.78. The molecule has 4 heterocycles. The zero-order valence-electron chi connectivity index (χ0n) is 17.6. The Morgan fingerprint density at radius 2 is 2.07 bits per heavy atom. The van der Waals surface area contributed by atoms with Crippen molar-refractivity contribution in [2.24, 2.45) is 5.92 Å². The SMILES string of the molecule is CCCCN1CCc2[nH]cnc2C12CCN(C[C@@H]1CCOC(C)(C)C1)CC2. The number of nitrogens with one attached hydrogen (secondary N) is 1. The minimum atomic E-state index is 0.0597. The molecule has 0 aromatic carbocycles. The van der Waals surface area contributed by atoms with Crippen LogP contribution in [-0.2, 0) is 16.7 Å². The van der Waals surface area contributed by atoms with Crippen LogP contribution >= 0.6 is 0 Å². The summed E-state index contributed by atoms with van der Waals surface area (Å²) in [5, 5.41) is 0. The molecule has 4 rings (SSSR count). The van der Waals surface area contributed by atoms with E-state index < -0.39 is 0 Å². The monoisotopic (exact) mass is 374 g/mol. The molecule has 152 valence electrons. The fraction of sp³-hybridized carbons (Fsp3) is 0.864. The van der Waals surface area contributed by atoms with Crippen molar-refractivity contribution in [3.05, 3.63) is 17.7 Å². The fourth-order valence-corrected chi connectivity index (χ4v) is 5.74. The Bertz CT molecular complexity index is 618. The van der Waals surface area contributed by atoms with Crippen molar-refractivity contribution in [3.8, 4) is 0 Å². The van der Waals surface area contributed by atoms with Crippen molar-refractivity contribution in [1.29, 1.82) is 0 Å². The lowest BCUT2D eigenvalue weighted by Gasteiger charge is -2.51.